The van der Waals surface area contributed by atoms with E-state index in [0.29, 0.717) is 32.7 Å². The zero-order chi connectivity index (χ0) is 31.9. The molecule has 238 valence electrons. The molecule has 0 unspecified atom stereocenters. The summed E-state index contributed by atoms with van der Waals surface area (Å²) in [7, 11) is 0. The number of morpholine rings is 1. The van der Waals surface area contributed by atoms with Crippen molar-refractivity contribution < 1.29 is 23.9 Å². The Bertz CT molecular complexity index is 1610. The smallest absolute Gasteiger partial charge is 0.410 e. The van der Waals surface area contributed by atoms with Crippen molar-refractivity contribution in [1.29, 1.82) is 0 Å². The topological polar surface area (TPSA) is 101 Å². The second-order valence-corrected chi connectivity index (χ2v) is 15.1. The van der Waals surface area contributed by atoms with Crippen molar-refractivity contribution in [2.75, 3.05) is 44.3 Å². The number of likely N-dealkylation sites (tertiary alicyclic amines) is 1. The molecule has 3 aliphatic rings. The van der Waals surface area contributed by atoms with Gasteiger partial charge in [0, 0.05) is 49.9 Å². The van der Waals surface area contributed by atoms with Gasteiger partial charge >= 0.3 is 6.09 Å². The second-order valence-electron chi connectivity index (χ2n) is 14.1. The lowest BCUT2D eigenvalue weighted by Gasteiger charge is -2.40. The van der Waals surface area contributed by atoms with Gasteiger partial charge in [0.15, 0.2) is 5.78 Å². The van der Waals surface area contributed by atoms with Gasteiger partial charge in [-0.3, -0.25) is 14.6 Å². The lowest BCUT2D eigenvalue weighted by atomic mass is 9.75. The van der Waals surface area contributed by atoms with Crippen molar-refractivity contribution in [3.05, 3.63) is 58.6 Å². The Labute approximate surface area is 268 Å². The fraction of sp³-hybridized carbons (Fsp3) is 0.486. The predicted octanol–water partition coefficient (Wildman–Crippen LogP) is 5.75. The maximum Gasteiger partial charge on any atom is 0.410 e. The van der Waals surface area contributed by atoms with Gasteiger partial charge in [0.1, 0.15) is 5.60 Å². The molecule has 2 aliphatic heterocycles. The molecule has 0 spiro atoms. The van der Waals surface area contributed by atoms with Crippen LogP contribution in [0.2, 0.25) is 0 Å². The highest BCUT2D eigenvalue weighted by molar-refractivity contribution is 7.19. The van der Waals surface area contributed by atoms with Crippen molar-refractivity contribution in [1.82, 2.24) is 15.2 Å². The van der Waals surface area contributed by atoms with Crippen molar-refractivity contribution in [3.63, 3.8) is 0 Å². The third kappa shape index (κ3) is 7.07. The molecule has 2 amide bonds. The van der Waals surface area contributed by atoms with Crippen LogP contribution in [0.5, 0.6) is 0 Å². The van der Waals surface area contributed by atoms with Crippen LogP contribution in [-0.4, -0.2) is 78.7 Å². The summed E-state index contributed by atoms with van der Waals surface area (Å²) < 4.78 is 11.0. The number of nitrogens with zero attached hydrogens (tertiary/aromatic N) is 3. The van der Waals surface area contributed by atoms with Crippen LogP contribution in [0.1, 0.15) is 61.8 Å². The van der Waals surface area contributed by atoms with E-state index in [1.165, 1.54) is 0 Å². The maximum absolute atomic E-state index is 13.3. The normalized spacial score (nSPS) is 18.3. The molecule has 1 aliphatic carbocycles. The van der Waals surface area contributed by atoms with E-state index >= 15 is 0 Å². The number of thiophene rings is 1. The van der Waals surface area contributed by atoms with Crippen LogP contribution in [0.3, 0.4) is 0 Å². The summed E-state index contributed by atoms with van der Waals surface area (Å²) >= 11 is 1.63. The lowest BCUT2D eigenvalue weighted by molar-refractivity contribution is -0.122. The van der Waals surface area contributed by atoms with Crippen LogP contribution < -0.4 is 10.2 Å². The van der Waals surface area contributed by atoms with E-state index in [4.69, 9.17) is 14.5 Å². The number of nitrogens with one attached hydrogen (secondary N) is 1. The Morgan fingerprint density at radius 2 is 1.84 bits per heavy atom. The molecule has 0 bridgehead atoms. The number of carbonyl (C=O) groups is 3. The van der Waals surface area contributed by atoms with Crippen molar-refractivity contribution in [2.24, 2.45) is 5.41 Å². The maximum atomic E-state index is 13.3. The van der Waals surface area contributed by atoms with Crippen LogP contribution in [0.4, 0.5) is 9.80 Å². The first-order valence-electron chi connectivity index (χ1n) is 15.7. The molecule has 0 saturated carbocycles. The number of fused-ring (bicyclic) bond motifs is 1. The molecule has 0 radical (unpaired) electrons. The standard InChI is InChI=1S/C35H42N4O5S/c1-34(2,3)44-33(42)39-20-25(21-39)37-29(41)16-22-7-6-8-23(15-22)27-17-24(9-10-36-27)30-26-18-35(4,5)19-28(40)31(26)45-32(30)38-11-13-43-14-12-38/h6-10,15,17,25H,11-14,16,18-21H2,1-5H3,(H,37,41). The summed E-state index contributed by atoms with van der Waals surface area (Å²) in [5.74, 6) is 0.141. The van der Waals surface area contributed by atoms with Crippen molar-refractivity contribution in [2.45, 2.75) is 65.5 Å². The van der Waals surface area contributed by atoms with Gasteiger partial charge in [-0.15, -0.1) is 11.3 Å². The van der Waals surface area contributed by atoms with E-state index in [-0.39, 0.29) is 35.7 Å². The van der Waals surface area contributed by atoms with Gasteiger partial charge in [-0.25, -0.2) is 4.79 Å². The molecule has 0 atom stereocenters. The highest BCUT2D eigenvalue weighted by Gasteiger charge is 2.37. The Morgan fingerprint density at radius 3 is 2.58 bits per heavy atom. The summed E-state index contributed by atoms with van der Waals surface area (Å²) in [5.41, 5.74) is 5.31. The van der Waals surface area contributed by atoms with Crippen LogP contribution in [0.15, 0.2) is 42.6 Å². The fourth-order valence-electron chi connectivity index (χ4n) is 6.28. The first-order valence-corrected chi connectivity index (χ1v) is 16.5. The SMILES string of the molecule is CC1(C)CC(=O)c2sc(N3CCOCC3)c(-c3ccnc(-c4cccc(CC(=O)NC5CN(C(=O)OC(C)(C)C)C5)c4)c3)c2C1. The minimum absolute atomic E-state index is 0.0828. The van der Waals surface area contributed by atoms with E-state index in [2.05, 4.69) is 30.1 Å². The summed E-state index contributed by atoms with van der Waals surface area (Å²) in [4.78, 5) is 47.9. The zero-order valence-electron chi connectivity index (χ0n) is 26.8. The average Bonchev–Trinajstić information content (AvgIpc) is 3.33. The minimum Gasteiger partial charge on any atom is -0.444 e. The molecular formula is C35H42N4O5S. The minimum atomic E-state index is -0.547. The molecule has 1 aromatic carbocycles. The van der Waals surface area contributed by atoms with Gasteiger partial charge in [-0.05, 0) is 67.5 Å². The molecule has 4 heterocycles. The summed E-state index contributed by atoms with van der Waals surface area (Å²) in [5, 5.41) is 4.17. The quantitative estimate of drug-likeness (QED) is 0.370. The van der Waals surface area contributed by atoms with Gasteiger partial charge in [0.05, 0.1) is 41.2 Å². The number of amides is 2. The number of aromatic nitrogens is 1. The molecule has 2 fully saturated rings. The number of benzene rings is 1. The molecule has 3 aromatic rings. The number of ether oxygens (including phenoxy) is 2. The molecule has 45 heavy (non-hydrogen) atoms. The van der Waals surface area contributed by atoms with Gasteiger partial charge < -0.3 is 24.6 Å². The largest absolute Gasteiger partial charge is 0.444 e. The number of hydrogen-bond donors (Lipinski definition) is 1. The van der Waals surface area contributed by atoms with Gasteiger partial charge in [-0.1, -0.05) is 32.0 Å². The summed E-state index contributed by atoms with van der Waals surface area (Å²) in [6, 6.07) is 12.0. The second kappa shape index (κ2) is 12.2. The number of carbonyl (C=O) groups excluding carboxylic acids is 3. The Kier molecular flexibility index (Phi) is 8.47. The van der Waals surface area contributed by atoms with Crippen molar-refractivity contribution in [3.8, 4) is 22.4 Å². The van der Waals surface area contributed by atoms with Crippen LogP contribution >= 0.6 is 11.3 Å². The van der Waals surface area contributed by atoms with E-state index < -0.39 is 5.60 Å². The number of hydrogen-bond acceptors (Lipinski definition) is 8. The molecular weight excluding hydrogens is 588 g/mol. The fourth-order valence-corrected chi connectivity index (χ4v) is 7.61. The first kappa shape index (κ1) is 31.2. The van der Waals surface area contributed by atoms with Gasteiger partial charge in [0.25, 0.3) is 0 Å². The van der Waals surface area contributed by atoms with Gasteiger partial charge in [0.2, 0.25) is 5.91 Å². The molecule has 10 heteroatoms. The number of anilines is 1. The Balaban J connectivity index is 1.20. The number of Topliss-reactive ketones (excluding diaryl/α,β-unsaturated/α-hetero) is 1. The molecule has 2 saturated heterocycles. The summed E-state index contributed by atoms with van der Waals surface area (Å²) in [6.45, 7) is 13.7. The van der Waals surface area contributed by atoms with E-state index in [1.54, 1.807) is 16.2 Å². The predicted molar refractivity (Wildman–Crippen MR) is 176 cm³/mol. The molecule has 1 N–H and O–H groups in total. The Morgan fingerprint density at radius 1 is 1.09 bits per heavy atom. The monoisotopic (exact) mass is 630 g/mol. The number of rotatable bonds is 6. The summed E-state index contributed by atoms with van der Waals surface area (Å²) in [6.07, 6.45) is 3.12. The highest BCUT2D eigenvalue weighted by Crippen LogP contribution is 2.49. The van der Waals surface area contributed by atoms with E-state index in [0.717, 1.165) is 62.9 Å². The third-order valence-corrected chi connectivity index (χ3v) is 9.70. The molecule has 9 nitrogen and oxygen atoms in total. The molecule has 2 aromatic heterocycles. The van der Waals surface area contributed by atoms with Gasteiger partial charge in [-0.2, -0.15) is 0 Å². The number of pyridine rings is 1. The lowest BCUT2D eigenvalue weighted by Crippen LogP contribution is -2.61. The Hall–Kier alpha value is -3.76. The first-order chi connectivity index (χ1) is 21.3. The molecule has 6 rings (SSSR count). The highest BCUT2D eigenvalue weighted by atomic mass is 32.1. The van der Waals surface area contributed by atoms with Crippen LogP contribution in [0.25, 0.3) is 22.4 Å². The van der Waals surface area contributed by atoms with Crippen LogP contribution in [0, 0.1) is 5.41 Å². The van der Waals surface area contributed by atoms with Crippen molar-refractivity contribution >= 4 is 34.1 Å². The zero-order valence-corrected chi connectivity index (χ0v) is 27.6. The van der Waals surface area contributed by atoms with E-state index in [9.17, 15) is 14.4 Å². The van der Waals surface area contributed by atoms with Crippen LogP contribution in [-0.2, 0) is 27.1 Å². The van der Waals surface area contributed by atoms with E-state index in [1.807, 2.05) is 57.3 Å². The average molecular weight is 631 g/mol. The third-order valence-electron chi connectivity index (χ3n) is 8.37. The number of ketones is 1.